The number of carbonyl (C=O) groups excluding carboxylic acids is 1. The van der Waals surface area contributed by atoms with E-state index in [2.05, 4.69) is 15.0 Å². The van der Waals surface area contributed by atoms with Gasteiger partial charge in [0.2, 0.25) is 0 Å². The Hall–Kier alpha value is -2.80. The van der Waals surface area contributed by atoms with Gasteiger partial charge < -0.3 is 14.5 Å². The fourth-order valence-electron chi connectivity index (χ4n) is 4.41. The van der Waals surface area contributed by atoms with Crippen LogP contribution in [0.5, 0.6) is 0 Å². The van der Waals surface area contributed by atoms with Crippen molar-refractivity contribution in [1.82, 2.24) is 19.7 Å². The fourth-order valence-corrected chi connectivity index (χ4v) is 4.65. The highest BCUT2D eigenvalue weighted by Gasteiger charge is 2.47. The summed E-state index contributed by atoms with van der Waals surface area (Å²) < 4.78 is 7.42. The van der Waals surface area contributed by atoms with Crippen LogP contribution in [0.15, 0.2) is 42.6 Å². The molecule has 0 saturated carbocycles. The number of likely N-dealkylation sites (tertiary alicyclic amines) is 1. The number of piperazine rings is 1. The van der Waals surface area contributed by atoms with E-state index in [4.69, 9.17) is 16.3 Å². The van der Waals surface area contributed by atoms with E-state index < -0.39 is 5.60 Å². The molecule has 4 heterocycles. The molecule has 2 aromatic heterocycles. The lowest BCUT2D eigenvalue weighted by Crippen LogP contribution is -2.50. The average Bonchev–Trinajstić information content (AvgIpc) is 3.40. The highest BCUT2D eigenvalue weighted by atomic mass is 35.5. The first-order valence-corrected chi connectivity index (χ1v) is 10.5. The molecule has 8 heteroatoms. The highest BCUT2D eigenvalue weighted by molar-refractivity contribution is 6.34. The summed E-state index contributed by atoms with van der Waals surface area (Å²) in [6, 6.07) is 12.3. The Kier molecular flexibility index (Phi) is 4.39. The maximum absolute atomic E-state index is 12.5. The fraction of sp³-hybridized carbons (Fsp3) is 0.409. The lowest BCUT2D eigenvalue weighted by molar-refractivity contribution is 0.0214. The zero-order chi connectivity index (χ0) is 21.0. The Morgan fingerprint density at radius 2 is 1.97 bits per heavy atom. The number of aromatic nitrogens is 3. The van der Waals surface area contributed by atoms with E-state index in [1.165, 1.54) is 0 Å². The second kappa shape index (κ2) is 6.87. The number of para-hydroxylation sites is 1. The van der Waals surface area contributed by atoms with Crippen molar-refractivity contribution in [3.63, 3.8) is 0 Å². The third-order valence-electron chi connectivity index (χ3n) is 5.68. The van der Waals surface area contributed by atoms with E-state index in [9.17, 15) is 4.79 Å². The number of nitrogens with zero attached hydrogens (tertiary/aromatic N) is 5. The molecule has 30 heavy (non-hydrogen) atoms. The van der Waals surface area contributed by atoms with Gasteiger partial charge in [0.1, 0.15) is 11.4 Å². The average molecular weight is 426 g/mol. The van der Waals surface area contributed by atoms with E-state index in [1.807, 2.05) is 66.8 Å². The van der Waals surface area contributed by atoms with Crippen molar-refractivity contribution < 1.29 is 9.53 Å². The summed E-state index contributed by atoms with van der Waals surface area (Å²) in [5.41, 5.74) is 1.39. The van der Waals surface area contributed by atoms with Crippen LogP contribution in [-0.2, 0) is 4.74 Å². The molecule has 2 saturated heterocycles. The maximum Gasteiger partial charge on any atom is 0.410 e. The lowest BCUT2D eigenvalue weighted by atomic mass is 10.2. The Labute approximate surface area is 180 Å². The van der Waals surface area contributed by atoms with Gasteiger partial charge in [0.25, 0.3) is 0 Å². The van der Waals surface area contributed by atoms with E-state index in [-0.39, 0.29) is 18.2 Å². The van der Waals surface area contributed by atoms with Gasteiger partial charge in [0.15, 0.2) is 5.15 Å². The molecule has 0 radical (unpaired) electrons. The number of halogens is 1. The quantitative estimate of drug-likeness (QED) is 0.613. The SMILES string of the molecule is CC(C)(C)OC(=O)N1C[C@@H]2C[C@H]1CN2c1cc(-n2nc(Cl)c3ccccc32)ccn1. The number of hydrogen-bond donors (Lipinski definition) is 0. The first kappa shape index (κ1) is 19.2. The number of carbonyl (C=O) groups is 1. The predicted molar refractivity (Wildman–Crippen MR) is 116 cm³/mol. The van der Waals surface area contributed by atoms with Gasteiger partial charge in [-0.2, -0.15) is 5.10 Å². The molecule has 2 bridgehead atoms. The molecule has 2 atom stereocenters. The van der Waals surface area contributed by atoms with Gasteiger partial charge in [-0.3, -0.25) is 0 Å². The molecule has 1 aromatic carbocycles. The summed E-state index contributed by atoms with van der Waals surface area (Å²) in [6.07, 6.45) is 2.50. The van der Waals surface area contributed by atoms with Gasteiger partial charge in [0.05, 0.1) is 23.3 Å². The Morgan fingerprint density at radius 3 is 2.70 bits per heavy atom. The van der Waals surface area contributed by atoms with Gasteiger partial charge in [0, 0.05) is 30.7 Å². The number of rotatable bonds is 2. The van der Waals surface area contributed by atoms with Crippen LogP contribution in [0.2, 0.25) is 5.15 Å². The summed E-state index contributed by atoms with van der Waals surface area (Å²) >= 11 is 6.33. The number of amides is 1. The normalized spacial score (nSPS) is 20.9. The zero-order valence-corrected chi connectivity index (χ0v) is 18.0. The van der Waals surface area contributed by atoms with E-state index in [0.29, 0.717) is 11.7 Å². The van der Waals surface area contributed by atoms with Crippen molar-refractivity contribution in [2.45, 2.75) is 44.9 Å². The molecule has 2 aliphatic rings. The number of benzene rings is 1. The second-order valence-corrected chi connectivity index (χ2v) is 9.28. The van der Waals surface area contributed by atoms with Crippen molar-refractivity contribution in [3.8, 4) is 5.69 Å². The van der Waals surface area contributed by atoms with Crippen LogP contribution in [-0.4, -0.2) is 56.5 Å². The van der Waals surface area contributed by atoms with Crippen molar-refractivity contribution in [2.75, 3.05) is 18.0 Å². The molecule has 7 nitrogen and oxygen atoms in total. The van der Waals surface area contributed by atoms with Crippen molar-refractivity contribution in [2.24, 2.45) is 0 Å². The molecule has 1 amide bonds. The first-order chi connectivity index (χ1) is 14.3. The van der Waals surface area contributed by atoms with Crippen LogP contribution in [0.4, 0.5) is 10.6 Å². The molecule has 3 aromatic rings. The topological polar surface area (TPSA) is 63.5 Å². The van der Waals surface area contributed by atoms with Gasteiger partial charge >= 0.3 is 6.09 Å². The molecule has 5 rings (SSSR count). The number of anilines is 1. The molecule has 156 valence electrons. The predicted octanol–water partition coefficient (Wildman–Crippen LogP) is 4.27. The van der Waals surface area contributed by atoms with Crippen LogP contribution >= 0.6 is 11.6 Å². The van der Waals surface area contributed by atoms with Crippen LogP contribution in [0.1, 0.15) is 27.2 Å². The highest BCUT2D eigenvalue weighted by Crippen LogP contribution is 2.35. The summed E-state index contributed by atoms with van der Waals surface area (Å²) in [6.45, 7) is 7.09. The molecule has 0 N–H and O–H groups in total. The standard InChI is InChI=1S/C22H24ClN5O2/c1-22(2,3)30-21(29)27-13-15-10-16(27)12-26(15)19-11-14(8-9-24-19)28-18-7-5-4-6-17(18)20(23)25-28/h4-9,11,15-16H,10,12-13H2,1-3H3/t15-,16-/m0/s1. The van der Waals surface area contributed by atoms with Gasteiger partial charge in [-0.25, -0.2) is 14.5 Å². The van der Waals surface area contributed by atoms with E-state index >= 15 is 0 Å². The van der Waals surface area contributed by atoms with Crippen LogP contribution in [0.3, 0.4) is 0 Å². The second-order valence-electron chi connectivity index (χ2n) is 8.92. The van der Waals surface area contributed by atoms with Crippen LogP contribution in [0, 0.1) is 0 Å². The third-order valence-corrected chi connectivity index (χ3v) is 5.96. The number of pyridine rings is 1. The van der Waals surface area contributed by atoms with Crippen molar-refractivity contribution in [1.29, 1.82) is 0 Å². The van der Waals surface area contributed by atoms with E-state index in [1.54, 1.807) is 6.20 Å². The zero-order valence-electron chi connectivity index (χ0n) is 17.2. The number of fused-ring (bicyclic) bond motifs is 3. The molecular weight excluding hydrogens is 402 g/mol. The largest absolute Gasteiger partial charge is 0.444 e. The lowest BCUT2D eigenvalue weighted by Gasteiger charge is -2.35. The van der Waals surface area contributed by atoms with Gasteiger partial charge in [-0.05, 0) is 45.4 Å². The molecular formula is C22H24ClN5O2. The number of hydrogen-bond acceptors (Lipinski definition) is 5. The summed E-state index contributed by atoms with van der Waals surface area (Å²) in [7, 11) is 0. The molecule has 0 unspecified atom stereocenters. The molecule has 2 aliphatic heterocycles. The van der Waals surface area contributed by atoms with Crippen molar-refractivity contribution >= 4 is 34.4 Å². The molecule has 2 fully saturated rings. The van der Waals surface area contributed by atoms with Crippen LogP contribution in [0.25, 0.3) is 16.6 Å². The first-order valence-electron chi connectivity index (χ1n) is 10.2. The summed E-state index contributed by atoms with van der Waals surface area (Å²) in [4.78, 5) is 21.2. The third kappa shape index (κ3) is 3.27. The molecule has 0 aliphatic carbocycles. The minimum Gasteiger partial charge on any atom is -0.444 e. The van der Waals surface area contributed by atoms with Gasteiger partial charge in [-0.1, -0.05) is 23.7 Å². The minimum atomic E-state index is -0.484. The Morgan fingerprint density at radius 1 is 1.17 bits per heavy atom. The van der Waals surface area contributed by atoms with Crippen LogP contribution < -0.4 is 4.90 Å². The summed E-state index contributed by atoms with van der Waals surface area (Å²) in [5, 5.41) is 5.92. The van der Waals surface area contributed by atoms with Gasteiger partial charge in [-0.15, -0.1) is 0 Å². The van der Waals surface area contributed by atoms with Crippen molar-refractivity contribution in [3.05, 3.63) is 47.7 Å². The molecule has 0 spiro atoms. The Bertz CT molecular complexity index is 1120. The monoisotopic (exact) mass is 425 g/mol. The van der Waals surface area contributed by atoms with E-state index in [0.717, 1.165) is 35.4 Å². The maximum atomic E-state index is 12.5. The minimum absolute atomic E-state index is 0.148. The smallest absolute Gasteiger partial charge is 0.410 e. The number of ether oxygens (including phenoxy) is 1. The Balaban J connectivity index is 1.38. The summed E-state index contributed by atoms with van der Waals surface area (Å²) in [5.74, 6) is 0.888.